The summed E-state index contributed by atoms with van der Waals surface area (Å²) in [5.74, 6) is -0.533. The topological polar surface area (TPSA) is 61.8 Å². The summed E-state index contributed by atoms with van der Waals surface area (Å²) in [5, 5.41) is 3.45. The van der Waals surface area contributed by atoms with Gasteiger partial charge in [-0.2, -0.15) is 0 Å². The molecular formula is C23H24ClN3O2. The largest absolute Gasteiger partial charge is 0.324 e. The van der Waals surface area contributed by atoms with E-state index in [2.05, 4.69) is 5.32 Å². The fourth-order valence-corrected chi connectivity index (χ4v) is 4.14. The van der Waals surface area contributed by atoms with E-state index in [0.29, 0.717) is 16.4 Å². The summed E-state index contributed by atoms with van der Waals surface area (Å²) in [6.45, 7) is 5.89. The number of nitrogens with zero attached hydrogens (tertiary/aromatic N) is 2. The van der Waals surface area contributed by atoms with Crippen LogP contribution in [0.25, 0.3) is 0 Å². The number of benzene rings is 2. The first-order chi connectivity index (χ1) is 13.8. The van der Waals surface area contributed by atoms with Gasteiger partial charge in [0.25, 0.3) is 0 Å². The monoisotopic (exact) mass is 409 g/mol. The lowest BCUT2D eigenvalue weighted by molar-refractivity contribution is -0.122. The second-order valence-electron chi connectivity index (χ2n) is 7.91. The molecule has 2 amide bonds. The lowest BCUT2D eigenvalue weighted by Gasteiger charge is -2.25. The van der Waals surface area contributed by atoms with Gasteiger partial charge in [0.15, 0.2) is 0 Å². The van der Waals surface area contributed by atoms with Crippen molar-refractivity contribution in [3.05, 3.63) is 52.0 Å². The quantitative estimate of drug-likeness (QED) is 0.764. The fraction of sp³-hybridized carbons (Fsp3) is 0.348. The normalized spacial score (nSPS) is 18.1. The number of fused-ring (bicyclic) bond motifs is 2. The van der Waals surface area contributed by atoms with Gasteiger partial charge in [0.1, 0.15) is 6.54 Å². The molecule has 5 nitrogen and oxygen atoms in total. The van der Waals surface area contributed by atoms with Crippen molar-refractivity contribution >= 4 is 46.2 Å². The van der Waals surface area contributed by atoms with Gasteiger partial charge in [0.05, 0.1) is 17.3 Å². The second-order valence-corrected chi connectivity index (χ2v) is 8.32. The number of anilines is 2. The van der Waals surface area contributed by atoms with Crippen molar-refractivity contribution in [2.24, 2.45) is 10.9 Å². The average molecular weight is 410 g/mol. The van der Waals surface area contributed by atoms with E-state index in [1.165, 1.54) is 0 Å². The van der Waals surface area contributed by atoms with Crippen LogP contribution >= 0.6 is 11.6 Å². The van der Waals surface area contributed by atoms with Crippen LogP contribution in [-0.4, -0.2) is 24.1 Å². The van der Waals surface area contributed by atoms with Gasteiger partial charge in [-0.25, -0.2) is 0 Å². The Morgan fingerprint density at radius 1 is 1.17 bits per heavy atom. The zero-order valence-corrected chi connectivity index (χ0v) is 17.6. The van der Waals surface area contributed by atoms with Gasteiger partial charge < -0.3 is 10.2 Å². The van der Waals surface area contributed by atoms with Crippen molar-refractivity contribution in [2.45, 2.75) is 40.0 Å². The molecule has 1 aliphatic heterocycles. The van der Waals surface area contributed by atoms with Crippen molar-refractivity contribution in [1.29, 1.82) is 0 Å². The third-order valence-electron chi connectivity index (χ3n) is 5.80. The molecule has 2 aliphatic rings. The molecule has 0 aromatic heterocycles. The number of nitrogens with one attached hydrogen (secondary N) is 1. The minimum absolute atomic E-state index is 0.0414. The summed E-state index contributed by atoms with van der Waals surface area (Å²) >= 11 is 6.16. The molecule has 1 fully saturated rings. The van der Waals surface area contributed by atoms with Crippen molar-refractivity contribution in [1.82, 2.24) is 0 Å². The predicted molar refractivity (Wildman–Crippen MR) is 118 cm³/mol. The number of aryl methyl sites for hydroxylation is 3. The summed E-state index contributed by atoms with van der Waals surface area (Å²) in [4.78, 5) is 32.5. The zero-order chi connectivity index (χ0) is 20.7. The molecule has 0 bridgehead atoms. The molecule has 0 radical (unpaired) electrons. The molecule has 2 aromatic carbocycles. The van der Waals surface area contributed by atoms with Crippen LogP contribution in [0.1, 0.15) is 36.0 Å². The minimum Gasteiger partial charge on any atom is -0.324 e. The van der Waals surface area contributed by atoms with Crippen LogP contribution < -0.4 is 10.2 Å². The summed E-state index contributed by atoms with van der Waals surface area (Å²) in [6, 6.07) is 9.36. The Morgan fingerprint density at radius 3 is 2.69 bits per heavy atom. The first-order valence-corrected chi connectivity index (χ1v) is 10.3. The molecule has 6 heteroatoms. The Morgan fingerprint density at radius 2 is 1.93 bits per heavy atom. The molecule has 0 spiro atoms. The Balaban J connectivity index is 1.65. The Labute approximate surface area is 175 Å². The zero-order valence-electron chi connectivity index (χ0n) is 16.9. The van der Waals surface area contributed by atoms with E-state index in [1.807, 2.05) is 45.0 Å². The van der Waals surface area contributed by atoms with Crippen LogP contribution in [-0.2, 0) is 9.59 Å². The van der Waals surface area contributed by atoms with Crippen LogP contribution in [0.15, 0.2) is 35.3 Å². The molecular weight excluding hydrogens is 386 g/mol. The Bertz CT molecular complexity index is 1040. The lowest BCUT2D eigenvalue weighted by atomic mass is 10.0. The van der Waals surface area contributed by atoms with Gasteiger partial charge in [0, 0.05) is 16.4 Å². The highest BCUT2D eigenvalue weighted by molar-refractivity contribution is 6.31. The highest BCUT2D eigenvalue weighted by atomic mass is 35.5. The van der Waals surface area contributed by atoms with Gasteiger partial charge in [0.2, 0.25) is 11.8 Å². The highest BCUT2D eigenvalue weighted by Crippen LogP contribution is 2.39. The molecule has 1 saturated carbocycles. The maximum absolute atomic E-state index is 13.3. The molecule has 1 N–H and O–H groups in total. The summed E-state index contributed by atoms with van der Waals surface area (Å²) in [6.07, 6.45) is 2.58. The number of carbonyl (C=O) groups excluding carboxylic acids is 2. The Kier molecular flexibility index (Phi) is 5.17. The van der Waals surface area contributed by atoms with E-state index in [0.717, 1.165) is 47.4 Å². The first-order valence-electron chi connectivity index (χ1n) is 9.89. The smallest absolute Gasteiger partial charge is 0.244 e. The molecule has 1 aliphatic carbocycles. The lowest BCUT2D eigenvalue weighted by Crippen LogP contribution is -2.42. The maximum Gasteiger partial charge on any atom is 0.244 e. The Hall–Kier alpha value is -2.66. The van der Waals surface area contributed by atoms with Gasteiger partial charge in [-0.15, -0.1) is 0 Å². The van der Waals surface area contributed by atoms with Crippen LogP contribution in [0, 0.1) is 26.7 Å². The van der Waals surface area contributed by atoms with Crippen LogP contribution in [0.3, 0.4) is 0 Å². The predicted octanol–water partition coefficient (Wildman–Crippen LogP) is 5.12. The number of hydrogen-bond acceptors (Lipinski definition) is 3. The van der Waals surface area contributed by atoms with Crippen molar-refractivity contribution < 1.29 is 9.59 Å². The summed E-state index contributed by atoms with van der Waals surface area (Å²) in [5.41, 5.74) is 6.16. The summed E-state index contributed by atoms with van der Waals surface area (Å²) in [7, 11) is 0. The number of carbonyl (C=O) groups is 2. The third-order valence-corrected chi connectivity index (χ3v) is 6.20. The molecule has 4 rings (SSSR count). The number of halogens is 1. The van der Waals surface area contributed by atoms with Crippen molar-refractivity contribution in [2.75, 3.05) is 16.8 Å². The molecule has 2 aromatic rings. The van der Waals surface area contributed by atoms with Crippen molar-refractivity contribution in [3.8, 4) is 0 Å². The van der Waals surface area contributed by atoms with Crippen LogP contribution in [0.2, 0.25) is 5.02 Å². The molecule has 29 heavy (non-hydrogen) atoms. The van der Waals surface area contributed by atoms with E-state index in [1.54, 1.807) is 11.0 Å². The molecule has 0 unspecified atom stereocenters. The second kappa shape index (κ2) is 7.64. The number of aliphatic imine (C=N–C) groups is 1. The molecule has 0 saturated heterocycles. The number of rotatable bonds is 3. The highest BCUT2D eigenvalue weighted by Gasteiger charge is 2.37. The van der Waals surface area contributed by atoms with Crippen LogP contribution in [0.5, 0.6) is 0 Å². The van der Waals surface area contributed by atoms with E-state index in [-0.39, 0.29) is 24.3 Å². The van der Waals surface area contributed by atoms with Gasteiger partial charge in [-0.05, 0) is 81.0 Å². The van der Waals surface area contributed by atoms with Crippen LogP contribution in [0.4, 0.5) is 17.1 Å². The maximum atomic E-state index is 13.3. The summed E-state index contributed by atoms with van der Waals surface area (Å²) < 4.78 is 0. The average Bonchev–Trinajstić information content (AvgIpc) is 3.10. The SMILES string of the molecule is Cc1cc2c(cc1C)N(CC(=O)Nc1ccc(C)c(Cl)c1)C(=O)[C@@H]1CCCC1=N2. The molecule has 150 valence electrons. The minimum atomic E-state index is -0.260. The van der Waals surface area contributed by atoms with E-state index >= 15 is 0 Å². The van der Waals surface area contributed by atoms with Gasteiger partial charge >= 0.3 is 0 Å². The van der Waals surface area contributed by atoms with Gasteiger partial charge in [-0.1, -0.05) is 17.7 Å². The first kappa shape index (κ1) is 19.6. The number of amides is 2. The number of hydrogen-bond donors (Lipinski definition) is 1. The van der Waals surface area contributed by atoms with E-state index < -0.39 is 0 Å². The fourth-order valence-electron chi connectivity index (χ4n) is 3.96. The molecule has 1 heterocycles. The molecule has 1 atom stereocenters. The standard InChI is InChI=1S/C23H24ClN3O2/c1-13-7-8-16(11-18(13)24)25-22(28)12-27-21-10-15(3)14(2)9-20(21)26-19-6-4-5-17(19)23(27)29/h7-11,17H,4-6,12H2,1-3H3,(H,25,28)/t17-/m1/s1. The van der Waals surface area contributed by atoms with Crippen molar-refractivity contribution in [3.63, 3.8) is 0 Å². The third kappa shape index (κ3) is 3.79. The van der Waals surface area contributed by atoms with Gasteiger partial charge in [-0.3, -0.25) is 14.6 Å². The van der Waals surface area contributed by atoms with E-state index in [4.69, 9.17) is 16.6 Å². The van der Waals surface area contributed by atoms with E-state index in [9.17, 15) is 9.59 Å².